The maximum absolute atomic E-state index is 6.22. The number of thiophene rings is 1. The van der Waals surface area contributed by atoms with Gasteiger partial charge in [0, 0.05) is 16.4 Å². The van der Waals surface area contributed by atoms with E-state index in [-0.39, 0.29) is 11.6 Å². The fraction of sp³-hybridized carbons (Fsp3) is 0.750. The van der Waals surface area contributed by atoms with Crippen molar-refractivity contribution < 1.29 is 4.74 Å². The van der Waals surface area contributed by atoms with Gasteiger partial charge in [-0.25, -0.2) is 0 Å². The molecule has 0 saturated carbocycles. The van der Waals surface area contributed by atoms with Gasteiger partial charge in [0.05, 0.1) is 11.6 Å². The third kappa shape index (κ3) is 3.48. The first-order valence-electron chi connectivity index (χ1n) is 8.03. The lowest BCUT2D eigenvalue weighted by atomic mass is 9.78. The van der Waals surface area contributed by atoms with E-state index in [1.807, 2.05) is 11.3 Å². The van der Waals surface area contributed by atoms with Crippen molar-refractivity contribution in [3.8, 4) is 0 Å². The molecule has 3 rings (SSSR count). The molecule has 118 valence electrons. The molecule has 5 heteroatoms. The van der Waals surface area contributed by atoms with Crippen molar-refractivity contribution in [1.29, 1.82) is 0 Å². The minimum absolute atomic E-state index is 0.133. The Morgan fingerprint density at radius 3 is 2.90 bits per heavy atom. The Morgan fingerprint density at radius 1 is 1.43 bits per heavy atom. The van der Waals surface area contributed by atoms with Crippen molar-refractivity contribution in [3.63, 3.8) is 0 Å². The van der Waals surface area contributed by atoms with Crippen molar-refractivity contribution in [2.75, 3.05) is 18.1 Å². The van der Waals surface area contributed by atoms with Crippen LogP contribution in [0.2, 0.25) is 0 Å². The van der Waals surface area contributed by atoms with Crippen molar-refractivity contribution >= 4 is 23.1 Å². The molecule has 1 spiro atoms. The van der Waals surface area contributed by atoms with Gasteiger partial charge in [-0.2, -0.15) is 11.8 Å². The highest BCUT2D eigenvalue weighted by Crippen LogP contribution is 2.44. The lowest BCUT2D eigenvalue weighted by Crippen LogP contribution is -2.46. The number of nitrogens with one attached hydrogen (secondary N) is 1. The van der Waals surface area contributed by atoms with Gasteiger partial charge < -0.3 is 4.74 Å². The first-order chi connectivity index (χ1) is 10.3. The number of ether oxygens (including phenoxy) is 1. The Kier molecular flexibility index (Phi) is 5.27. The maximum Gasteiger partial charge on any atom is 0.0701 e. The second-order valence-electron chi connectivity index (χ2n) is 6.20. The van der Waals surface area contributed by atoms with Crippen LogP contribution in [0.1, 0.15) is 48.4 Å². The van der Waals surface area contributed by atoms with Crippen molar-refractivity contribution in [3.05, 3.63) is 21.9 Å². The lowest BCUT2D eigenvalue weighted by Gasteiger charge is -2.45. The lowest BCUT2D eigenvalue weighted by molar-refractivity contribution is -0.107. The van der Waals surface area contributed by atoms with Crippen LogP contribution >= 0.6 is 23.1 Å². The predicted molar refractivity (Wildman–Crippen MR) is 91.7 cm³/mol. The summed E-state index contributed by atoms with van der Waals surface area (Å²) in [7, 11) is 0. The summed E-state index contributed by atoms with van der Waals surface area (Å²) in [6, 6.07) is 4.79. The first kappa shape index (κ1) is 15.8. The van der Waals surface area contributed by atoms with Crippen LogP contribution in [-0.2, 0) is 11.2 Å². The average Bonchev–Trinajstić information content (AvgIpc) is 2.98. The van der Waals surface area contributed by atoms with E-state index in [0.29, 0.717) is 5.92 Å². The SMILES string of the molecule is CCc1ccc(C(NN)C2CCOC3(CCSCC3)C2)s1. The highest BCUT2D eigenvalue weighted by atomic mass is 32.2. The van der Waals surface area contributed by atoms with E-state index < -0.39 is 0 Å². The predicted octanol–water partition coefficient (Wildman–Crippen LogP) is 3.51. The molecule has 2 fully saturated rings. The Morgan fingerprint density at radius 2 is 2.24 bits per heavy atom. The van der Waals surface area contributed by atoms with Crippen molar-refractivity contribution in [2.24, 2.45) is 11.8 Å². The normalized spacial score (nSPS) is 26.9. The molecule has 2 aliphatic rings. The fourth-order valence-corrected chi connectivity index (χ4v) is 5.99. The van der Waals surface area contributed by atoms with Gasteiger partial charge in [-0.05, 0) is 61.7 Å². The maximum atomic E-state index is 6.22. The Bertz CT molecular complexity index is 451. The van der Waals surface area contributed by atoms with Crippen molar-refractivity contribution in [2.45, 2.75) is 50.7 Å². The molecule has 1 aromatic heterocycles. The molecular formula is C16H26N2OS2. The topological polar surface area (TPSA) is 47.3 Å². The zero-order valence-electron chi connectivity index (χ0n) is 12.8. The van der Waals surface area contributed by atoms with Crippen LogP contribution < -0.4 is 11.3 Å². The molecule has 2 atom stereocenters. The summed E-state index contributed by atoms with van der Waals surface area (Å²) in [5.74, 6) is 8.99. The van der Waals surface area contributed by atoms with E-state index in [1.54, 1.807) is 0 Å². The minimum atomic E-state index is 0.133. The summed E-state index contributed by atoms with van der Waals surface area (Å²) in [6.07, 6.45) is 5.79. The molecule has 2 unspecified atom stereocenters. The number of hydrogen-bond acceptors (Lipinski definition) is 5. The highest BCUT2D eigenvalue weighted by molar-refractivity contribution is 7.99. The smallest absolute Gasteiger partial charge is 0.0701 e. The molecule has 0 aromatic carbocycles. The van der Waals surface area contributed by atoms with Crippen LogP contribution in [-0.4, -0.2) is 23.7 Å². The van der Waals surface area contributed by atoms with Gasteiger partial charge in [0.25, 0.3) is 0 Å². The summed E-state index contributed by atoms with van der Waals surface area (Å²) < 4.78 is 6.22. The number of nitrogens with two attached hydrogens (primary N) is 1. The fourth-order valence-electron chi connectivity index (χ4n) is 3.64. The molecule has 3 heterocycles. The Labute approximate surface area is 136 Å². The molecule has 3 nitrogen and oxygen atoms in total. The summed E-state index contributed by atoms with van der Waals surface area (Å²) in [6.45, 7) is 3.10. The third-order valence-corrected chi connectivity index (χ3v) is 7.22. The quantitative estimate of drug-likeness (QED) is 0.656. The van der Waals surface area contributed by atoms with E-state index >= 15 is 0 Å². The molecule has 0 aliphatic carbocycles. The van der Waals surface area contributed by atoms with Crippen LogP contribution in [0, 0.1) is 5.92 Å². The summed E-state index contributed by atoms with van der Waals surface area (Å²) in [4.78, 5) is 2.84. The second kappa shape index (κ2) is 7.01. The molecule has 2 aliphatic heterocycles. The van der Waals surface area contributed by atoms with Gasteiger partial charge in [0.1, 0.15) is 0 Å². The summed E-state index contributed by atoms with van der Waals surface area (Å²) in [5, 5.41) is 0. The number of hydrogen-bond donors (Lipinski definition) is 2. The van der Waals surface area contributed by atoms with Crippen molar-refractivity contribution in [1.82, 2.24) is 5.43 Å². The van der Waals surface area contributed by atoms with Crippen LogP contribution in [0.25, 0.3) is 0 Å². The standard InChI is InChI=1S/C16H26N2OS2/c1-2-13-3-4-14(21-13)15(18-17)12-5-8-19-16(11-12)6-9-20-10-7-16/h3-4,12,15,18H,2,5-11,17H2,1H3. The van der Waals surface area contributed by atoms with Gasteiger partial charge >= 0.3 is 0 Å². The molecular weight excluding hydrogens is 300 g/mol. The Balaban J connectivity index is 1.73. The van der Waals surface area contributed by atoms with Crippen LogP contribution in [0.15, 0.2) is 12.1 Å². The second-order valence-corrected chi connectivity index (χ2v) is 8.62. The minimum Gasteiger partial charge on any atom is -0.375 e. The van der Waals surface area contributed by atoms with Gasteiger partial charge in [-0.1, -0.05) is 6.92 Å². The molecule has 0 bridgehead atoms. The van der Waals surface area contributed by atoms with Gasteiger partial charge in [-0.15, -0.1) is 11.3 Å². The number of hydrazine groups is 1. The molecule has 1 aromatic rings. The highest BCUT2D eigenvalue weighted by Gasteiger charge is 2.41. The molecule has 2 saturated heterocycles. The van der Waals surface area contributed by atoms with E-state index in [9.17, 15) is 0 Å². The van der Waals surface area contributed by atoms with Crippen LogP contribution in [0.3, 0.4) is 0 Å². The number of rotatable bonds is 4. The Hall–Kier alpha value is -0.0700. The summed E-state index contributed by atoms with van der Waals surface area (Å²) >= 11 is 3.97. The molecule has 21 heavy (non-hydrogen) atoms. The van der Waals surface area contributed by atoms with E-state index in [4.69, 9.17) is 10.6 Å². The van der Waals surface area contributed by atoms with E-state index in [0.717, 1.165) is 25.9 Å². The first-order valence-corrected chi connectivity index (χ1v) is 10.00. The third-order valence-electron chi connectivity index (χ3n) is 4.92. The van der Waals surface area contributed by atoms with Gasteiger partial charge in [-0.3, -0.25) is 11.3 Å². The molecule has 0 amide bonds. The van der Waals surface area contributed by atoms with E-state index in [1.165, 1.54) is 34.1 Å². The van der Waals surface area contributed by atoms with E-state index in [2.05, 4.69) is 36.2 Å². The van der Waals surface area contributed by atoms with Gasteiger partial charge in [0.2, 0.25) is 0 Å². The summed E-state index contributed by atoms with van der Waals surface area (Å²) in [5.41, 5.74) is 3.23. The van der Waals surface area contributed by atoms with Crippen LogP contribution in [0.4, 0.5) is 0 Å². The largest absolute Gasteiger partial charge is 0.375 e. The van der Waals surface area contributed by atoms with Crippen LogP contribution in [0.5, 0.6) is 0 Å². The average molecular weight is 327 g/mol. The zero-order chi connectivity index (χ0) is 14.7. The zero-order valence-corrected chi connectivity index (χ0v) is 14.4. The molecule has 3 N–H and O–H groups in total. The number of thioether (sulfide) groups is 1. The monoisotopic (exact) mass is 326 g/mol. The van der Waals surface area contributed by atoms with Gasteiger partial charge in [0.15, 0.2) is 0 Å². The number of aryl methyl sites for hydroxylation is 1. The molecule has 0 radical (unpaired) electrons.